The summed E-state index contributed by atoms with van der Waals surface area (Å²) in [6, 6.07) is 0. The van der Waals surface area contributed by atoms with Crippen molar-refractivity contribution >= 4 is 19.8 Å². The van der Waals surface area contributed by atoms with Gasteiger partial charge in [0.1, 0.15) is 6.61 Å². The summed E-state index contributed by atoms with van der Waals surface area (Å²) in [6.07, 6.45) is 71.7. The summed E-state index contributed by atoms with van der Waals surface area (Å²) >= 11 is 0. The van der Waals surface area contributed by atoms with Gasteiger partial charge >= 0.3 is 19.8 Å². The highest BCUT2D eigenvalue weighted by Crippen LogP contribution is 2.43. The van der Waals surface area contributed by atoms with Crippen LogP contribution >= 0.6 is 7.82 Å². The number of unbranched alkanes of at least 4 members (excludes halogenated alkanes) is 33. The lowest BCUT2D eigenvalue weighted by atomic mass is 10.0. The number of hydrogen-bond donors (Lipinski definition) is 2. The van der Waals surface area contributed by atoms with E-state index in [4.69, 9.17) is 24.3 Å². The summed E-state index contributed by atoms with van der Waals surface area (Å²) in [4.78, 5) is 35.0. The number of hydrogen-bond acceptors (Lipinski definition) is 8. The third kappa shape index (κ3) is 56.9. The van der Waals surface area contributed by atoms with Crippen LogP contribution in [-0.4, -0.2) is 49.3 Å². The lowest BCUT2D eigenvalue weighted by molar-refractivity contribution is -0.161. The van der Waals surface area contributed by atoms with Crippen LogP contribution in [0.15, 0.2) is 60.8 Å². The summed E-state index contributed by atoms with van der Waals surface area (Å²) in [6.45, 7) is 3.65. The predicted molar refractivity (Wildman–Crippen MR) is 303 cm³/mol. The van der Waals surface area contributed by atoms with E-state index >= 15 is 0 Å². The fraction of sp³-hybridized carbons (Fsp3) is 0.803. The zero-order valence-electron chi connectivity index (χ0n) is 46.2. The second-order valence-corrected chi connectivity index (χ2v) is 21.3. The van der Waals surface area contributed by atoms with Gasteiger partial charge in [-0.3, -0.25) is 18.6 Å². The van der Waals surface area contributed by atoms with Gasteiger partial charge in [-0.2, -0.15) is 0 Å². The first-order valence-corrected chi connectivity index (χ1v) is 31.3. The number of carbonyl (C=O) groups is 2. The van der Waals surface area contributed by atoms with Gasteiger partial charge in [0.15, 0.2) is 6.10 Å². The van der Waals surface area contributed by atoms with E-state index in [0.717, 1.165) is 64.2 Å². The van der Waals surface area contributed by atoms with Crippen LogP contribution in [0.1, 0.15) is 284 Å². The van der Waals surface area contributed by atoms with Gasteiger partial charge in [0, 0.05) is 19.4 Å². The van der Waals surface area contributed by atoms with Gasteiger partial charge in [0.05, 0.1) is 13.2 Å². The molecule has 3 N–H and O–H groups in total. The molecular weight excluding hydrogens is 906 g/mol. The number of ether oxygens (including phenoxy) is 2. The second kappa shape index (κ2) is 57.0. The molecule has 2 atom stereocenters. The topological polar surface area (TPSA) is 134 Å². The number of allylic oxidation sites excluding steroid dienone is 10. The Morgan fingerprint density at radius 1 is 0.437 bits per heavy atom. The summed E-state index contributed by atoms with van der Waals surface area (Å²) < 4.78 is 32.9. The molecule has 71 heavy (non-hydrogen) atoms. The van der Waals surface area contributed by atoms with Crippen molar-refractivity contribution in [2.24, 2.45) is 5.73 Å². The largest absolute Gasteiger partial charge is 0.472 e. The first-order chi connectivity index (χ1) is 34.8. The van der Waals surface area contributed by atoms with Crippen LogP contribution in [0.2, 0.25) is 0 Å². The molecule has 0 aromatic heterocycles. The lowest BCUT2D eigenvalue weighted by Crippen LogP contribution is -2.29. The summed E-state index contributed by atoms with van der Waals surface area (Å²) in [7, 11) is -4.38. The summed E-state index contributed by atoms with van der Waals surface area (Å²) in [5.41, 5.74) is 5.37. The average molecular weight is 1020 g/mol. The maximum Gasteiger partial charge on any atom is 0.472 e. The minimum absolute atomic E-state index is 0.0553. The van der Waals surface area contributed by atoms with E-state index in [1.165, 1.54) is 186 Å². The molecule has 0 aromatic rings. The van der Waals surface area contributed by atoms with E-state index in [9.17, 15) is 19.0 Å². The standard InChI is InChI=1S/C61H112NO8P/c1-3-5-7-9-11-13-15-16-17-18-19-20-21-22-23-24-25-26-27-28-29-30-31-32-33-34-35-36-37-38-39-40-41-42-44-46-48-50-52-54-61(64)70-59(58-69-71(65,66)68-56-55-62)57-67-60(63)53-51-49-47-45-43-14-12-10-8-6-4-2/h5,7,11,13,16-17,19-20,22-23,59H,3-4,6,8-10,12,14-15,18,21,24-58,62H2,1-2H3,(H,65,66)/b7-5-,13-11-,17-16-,20-19-,23-22-. The SMILES string of the molecule is CC/C=C\C/C=C\C/C=C\C/C=C\C/C=C\CCCCCCCCCCCCCCCCCCCCCCCCCC(=O)OC(COC(=O)CCCCCCCCCCCCC)COP(=O)(O)OCCN. The number of nitrogens with two attached hydrogens (primary N) is 1. The van der Waals surface area contributed by atoms with Crippen LogP contribution in [0.5, 0.6) is 0 Å². The maximum absolute atomic E-state index is 12.7. The Morgan fingerprint density at radius 3 is 1.15 bits per heavy atom. The molecule has 0 fully saturated rings. The van der Waals surface area contributed by atoms with Crippen molar-refractivity contribution in [2.75, 3.05) is 26.4 Å². The zero-order chi connectivity index (χ0) is 51.7. The quantitative estimate of drug-likeness (QED) is 0.0264. The Bertz CT molecular complexity index is 1350. The minimum atomic E-state index is -4.38. The number of phosphoric acid groups is 1. The lowest BCUT2D eigenvalue weighted by Gasteiger charge is -2.19. The number of rotatable bonds is 56. The molecule has 0 saturated carbocycles. The molecule has 0 bridgehead atoms. The van der Waals surface area contributed by atoms with Crippen LogP contribution in [0.25, 0.3) is 0 Å². The molecule has 0 radical (unpaired) electrons. The molecule has 0 aliphatic rings. The third-order valence-electron chi connectivity index (χ3n) is 12.9. The number of phosphoric ester groups is 1. The molecule has 2 unspecified atom stereocenters. The van der Waals surface area contributed by atoms with Gasteiger partial charge in [-0.25, -0.2) is 4.57 Å². The highest BCUT2D eigenvalue weighted by atomic mass is 31.2. The average Bonchev–Trinajstić information content (AvgIpc) is 3.36. The van der Waals surface area contributed by atoms with Crippen molar-refractivity contribution in [3.63, 3.8) is 0 Å². The molecule has 0 amide bonds. The molecule has 0 aromatic carbocycles. The van der Waals surface area contributed by atoms with Crippen LogP contribution in [-0.2, 0) is 32.7 Å². The molecule has 0 rings (SSSR count). The summed E-state index contributed by atoms with van der Waals surface area (Å²) in [5.74, 6) is -0.816. The van der Waals surface area contributed by atoms with Gasteiger partial charge in [0.2, 0.25) is 0 Å². The van der Waals surface area contributed by atoms with Crippen molar-refractivity contribution in [3.05, 3.63) is 60.8 Å². The Labute approximate surface area is 438 Å². The van der Waals surface area contributed by atoms with E-state index in [-0.39, 0.29) is 38.6 Å². The van der Waals surface area contributed by atoms with Gasteiger partial charge in [0.25, 0.3) is 0 Å². The number of carbonyl (C=O) groups excluding carboxylic acids is 2. The molecule has 9 nitrogen and oxygen atoms in total. The Kier molecular flexibility index (Phi) is 55.2. The Hall–Kier alpha value is -2.29. The van der Waals surface area contributed by atoms with E-state index in [0.29, 0.717) is 6.42 Å². The fourth-order valence-electron chi connectivity index (χ4n) is 8.55. The van der Waals surface area contributed by atoms with Crippen molar-refractivity contribution in [3.8, 4) is 0 Å². The Balaban J connectivity index is 3.74. The molecule has 0 aliphatic carbocycles. The van der Waals surface area contributed by atoms with Gasteiger partial charge in [-0.15, -0.1) is 0 Å². The highest BCUT2D eigenvalue weighted by Gasteiger charge is 2.26. The smallest absolute Gasteiger partial charge is 0.462 e. The molecule has 0 spiro atoms. The predicted octanol–water partition coefficient (Wildman–Crippen LogP) is 18.7. The van der Waals surface area contributed by atoms with E-state index in [1.807, 2.05) is 0 Å². The van der Waals surface area contributed by atoms with E-state index in [2.05, 4.69) is 74.6 Å². The molecule has 0 saturated heterocycles. The maximum atomic E-state index is 12.7. The second-order valence-electron chi connectivity index (χ2n) is 19.8. The summed E-state index contributed by atoms with van der Waals surface area (Å²) in [5, 5.41) is 0. The van der Waals surface area contributed by atoms with Crippen molar-refractivity contribution in [1.29, 1.82) is 0 Å². The van der Waals surface area contributed by atoms with E-state index < -0.39 is 26.5 Å². The first-order valence-electron chi connectivity index (χ1n) is 29.8. The van der Waals surface area contributed by atoms with Crippen molar-refractivity contribution < 1.29 is 37.6 Å². The van der Waals surface area contributed by atoms with Gasteiger partial charge < -0.3 is 20.1 Å². The van der Waals surface area contributed by atoms with Crippen LogP contribution < -0.4 is 5.73 Å². The molecular formula is C61H112NO8P. The monoisotopic (exact) mass is 1020 g/mol. The molecule has 0 aliphatic heterocycles. The zero-order valence-corrected chi connectivity index (χ0v) is 47.1. The van der Waals surface area contributed by atoms with Crippen LogP contribution in [0, 0.1) is 0 Å². The van der Waals surface area contributed by atoms with Crippen molar-refractivity contribution in [2.45, 2.75) is 290 Å². The molecule has 0 heterocycles. The van der Waals surface area contributed by atoms with E-state index in [1.54, 1.807) is 0 Å². The Morgan fingerprint density at radius 2 is 0.775 bits per heavy atom. The van der Waals surface area contributed by atoms with Crippen LogP contribution in [0.3, 0.4) is 0 Å². The van der Waals surface area contributed by atoms with Crippen molar-refractivity contribution in [1.82, 2.24) is 0 Å². The number of esters is 2. The normalized spacial score (nSPS) is 13.5. The fourth-order valence-corrected chi connectivity index (χ4v) is 9.31. The van der Waals surface area contributed by atoms with Crippen LogP contribution in [0.4, 0.5) is 0 Å². The first kappa shape index (κ1) is 68.7. The highest BCUT2D eigenvalue weighted by molar-refractivity contribution is 7.47. The van der Waals surface area contributed by atoms with Gasteiger partial charge in [-0.05, 0) is 57.8 Å². The molecule has 414 valence electrons. The molecule has 10 heteroatoms. The van der Waals surface area contributed by atoms with Gasteiger partial charge in [-0.1, -0.05) is 274 Å². The minimum Gasteiger partial charge on any atom is -0.462 e. The third-order valence-corrected chi connectivity index (χ3v) is 13.9.